The molecule has 25 nitrogen and oxygen atoms in total. The summed E-state index contributed by atoms with van der Waals surface area (Å²) in [5, 5.41) is 8.33. The number of rotatable bonds is 13. The van der Waals surface area contributed by atoms with Gasteiger partial charge in [0, 0.05) is 88.9 Å². The van der Waals surface area contributed by atoms with E-state index in [0.29, 0.717) is 44.2 Å². The van der Waals surface area contributed by atoms with Gasteiger partial charge in [0.1, 0.15) is 71.1 Å². The standard InChI is InChI=1S/C77H108F8N12O13/c1-16-45(5)63-71(107)91(11)41-61(100)92(12)54-25-19-18-22-32-96(70(54)106)58(36-46-26-29-49(30-27-46)76(80,81)82)69(105)90(10)40-59(98)86-53(31-28-47-34-51(78)62(52(79)35-47)77(83,84)85)67(103)97-39-50(110-17-2)37-56(97)66(102)88-75(42-74(6,7)43-75)73(109)95(15)64(48-23-20-21-24-48)72(108)94(14)57(68(104)89(8)9)38-60(99)93(13)55(33-44(3)4)65(101)87-63/h18-19,26-27,29-30,34-35,44-45,48,50,53-58,63-64H,16-17,20-25,28,31-33,36-43H2,1-15H3,(H,86,98)(H,87,101)(H,88,102)/b19-18-/t45-,50+,53+,54-,55-,56-,57-,58-,63-,64-/m0/s1. The van der Waals surface area contributed by atoms with Crippen molar-refractivity contribution in [3.05, 3.63) is 82.4 Å². The van der Waals surface area contributed by atoms with Crippen molar-refractivity contribution < 1.29 is 97.4 Å². The Bertz CT molecular complexity index is 3730. The van der Waals surface area contributed by atoms with Gasteiger partial charge in [0.05, 0.1) is 31.2 Å². The number of ether oxygens (including phenoxy) is 1. The van der Waals surface area contributed by atoms with E-state index in [1.54, 1.807) is 46.8 Å². The lowest BCUT2D eigenvalue weighted by Gasteiger charge is -2.54. The number of nitrogens with one attached hydrogen (secondary N) is 3. The lowest BCUT2D eigenvalue weighted by atomic mass is 9.58. The Labute approximate surface area is 637 Å². The molecule has 0 radical (unpaired) electrons. The van der Waals surface area contributed by atoms with Crippen molar-refractivity contribution in [3.63, 3.8) is 0 Å². The van der Waals surface area contributed by atoms with E-state index in [4.69, 9.17) is 4.74 Å². The molecule has 2 bridgehead atoms. The van der Waals surface area contributed by atoms with Crippen LogP contribution in [0.2, 0.25) is 0 Å². The molecular weight excluding hydrogens is 1450 g/mol. The van der Waals surface area contributed by atoms with E-state index >= 15 is 37.5 Å². The summed E-state index contributed by atoms with van der Waals surface area (Å²) in [5.41, 5.74) is -5.96. The predicted octanol–water partition coefficient (Wildman–Crippen LogP) is 6.37. The average Bonchev–Trinajstić information content (AvgIpc) is 1.05. The molecule has 5 aliphatic rings. The summed E-state index contributed by atoms with van der Waals surface area (Å²) in [6.45, 7) is 10.2. The van der Waals surface area contributed by atoms with Crippen molar-refractivity contribution in [1.82, 2.24) is 60.0 Å². The Morgan fingerprint density at radius 3 is 1.84 bits per heavy atom. The monoisotopic (exact) mass is 1560 g/mol. The van der Waals surface area contributed by atoms with Crippen LogP contribution in [-0.4, -0.2) is 264 Å². The third-order valence-corrected chi connectivity index (χ3v) is 22.1. The maximum atomic E-state index is 15.8. The Hall–Kier alpha value is -8.78. The number of aryl methyl sites for hydroxylation is 1. The predicted molar refractivity (Wildman–Crippen MR) is 388 cm³/mol. The number of carbonyl (C=O) groups excluding carboxylic acids is 12. The van der Waals surface area contributed by atoms with Crippen molar-refractivity contribution >= 4 is 70.9 Å². The van der Waals surface area contributed by atoms with E-state index < -0.39 is 228 Å². The van der Waals surface area contributed by atoms with Crippen LogP contribution in [0.5, 0.6) is 0 Å². The van der Waals surface area contributed by atoms with Gasteiger partial charge in [0.2, 0.25) is 70.9 Å². The fraction of sp³-hybridized carbons (Fsp3) is 0.662. The van der Waals surface area contributed by atoms with Crippen LogP contribution in [0.4, 0.5) is 35.1 Å². The number of hydrogen-bond donors (Lipinski definition) is 3. The molecule has 33 heteroatoms. The second kappa shape index (κ2) is 36.6. The quantitative estimate of drug-likeness (QED) is 0.145. The van der Waals surface area contributed by atoms with Crippen LogP contribution < -0.4 is 16.0 Å². The van der Waals surface area contributed by atoms with E-state index in [9.17, 15) is 55.1 Å². The summed E-state index contributed by atoms with van der Waals surface area (Å²) in [6, 6.07) is -7.39. The SMILES string of the molecule is CCO[C@@H]1C[C@H]2C(=O)NC3(CC(C)(C)C3)C(=O)N(C)[C@@H](C3CCCC3)C(=O)N(C)[C@H](C(=O)N(C)C)CC(=O)N(C)[C@@H](CC(C)C)C(=O)N[C@@H]([C@@H](C)CC)C(=O)N(C)CC(=O)N(C)[C@H]3C/C=C\CCN(C3=O)[C@@H](Cc3ccc(C(F)(F)F)cc3)C(=O)N(C)CC(=O)N[C@H](CCc3cc(F)c(C(F)(F)F)c(F)c3)C(=O)N2C1. The highest BCUT2D eigenvalue weighted by Crippen LogP contribution is 2.50. The average molecular weight is 1560 g/mol. The number of halogens is 8. The number of nitrogens with zero attached hydrogens (tertiary/aromatic N) is 9. The Morgan fingerprint density at radius 2 is 1.28 bits per heavy atom. The van der Waals surface area contributed by atoms with Gasteiger partial charge in [-0.15, -0.1) is 0 Å². The zero-order valence-electron chi connectivity index (χ0n) is 65.5. The minimum absolute atomic E-state index is 0.0147. The molecule has 0 aromatic heterocycles. The molecule has 3 aliphatic heterocycles. The topological polar surface area (TPSA) is 279 Å². The van der Waals surface area contributed by atoms with Crippen LogP contribution in [0.1, 0.15) is 154 Å². The van der Waals surface area contributed by atoms with E-state index in [-0.39, 0.29) is 69.7 Å². The molecular formula is C77H108F8N12O13. The first-order valence-electron chi connectivity index (χ1n) is 37.5. The highest BCUT2D eigenvalue weighted by Gasteiger charge is 2.59. The number of alkyl halides is 6. The van der Waals surface area contributed by atoms with Gasteiger partial charge < -0.3 is 64.8 Å². The molecule has 2 aromatic rings. The van der Waals surface area contributed by atoms with Crippen molar-refractivity contribution in [3.8, 4) is 0 Å². The molecule has 2 saturated heterocycles. The third-order valence-electron chi connectivity index (χ3n) is 22.1. The van der Waals surface area contributed by atoms with Crippen molar-refractivity contribution in [2.45, 2.75) is 217 Å². The molecule has 7 rings (SSSR count). The summed E-state index contributed by atoms with van der Waals surface area (Å²) in [5.74, 6) is -15.5. The molecule has 3 N–H and O–H groups in total. The van der Waals surface area contributed by atoms with Crippen LogP contribution in [0.25, 0.3) is 0 Å². The number of amides is 12. The van der Waals surface area contributed by atoms with Crippen LogP contribution in [-0.2, 0) is 87.5 Å². The number of hydrogen-bond acceptors (Lipinski definition) is 13. The Morgan fingerprint density at radius 1 is 0.673 bits per heavy atom. The van der Waals surface area contributed by atoms with Gasteiger partial charge in [-0.05, 0) is 123 Å². The van der Waals surface area contributed by atoms with Crippen LogP contribution in [0.15, 0.2) is 48.6 Å². The second-order valence-electron chi connectivity index (χ2n) is 31.7. The first kappa shape index (κ1) is 88.4. The zero-order chi connectivity index (χ0) is 82.1. The van der Waals surface area contributed by atoms with Gasteiger partial charge in [-0.2, -0.15) is 26.3 Å². The molecule has 110 heavy (non-hydrogen) atoms. The summed E-state index contributed by atoms with van der Waals surface area (Å²) < 4.78 is 120. The largest absolute Gasteiger partial charge is 0.422 e. The highest BCUT2D eigenvalue weighted by molar-refractivity contribution is 6.01. The third kappa shape index (κ3) is 21.1. The highest BCUT2D eigenvalue weighted by atomic mass is 19.4. The van der Waals surface area contributed by atoms with E-state index in [0.717, 1.165) is 65.6 Å². The van der Waals surface area contributed by atoms with Gasteiger partial charge >= 0.3 is 12.4 Å². The van der Waals surface area contributed by atoms with Crippen molar-refractivity contribution in [2.75, 3.05) is 89.2 Å². The molecule has 12 amide bonds. The summed E-state index contributed by atoms with van der Waals surface area (Å²) in [7, 11) is 10.7. The molecule has 2 saturated carbocycles. The van der Waals surface area contributed by atoms with E-state index in [1.165, 1.54) is 59.1 Å². The number of carbonyl (C=O) groups is 12. The van der Waals surface area contributed by atoms with E-state index in [2.05, 4.69) is 16.0 Å². The van der Waals surface area contributed by atoms with Crippen LogP contribution >= 0.6 is 0 Å². The van der Waals surface area contributed by atoms with Crippen LogP contribution in [0, 0.1) is 34.8 Å². The zero-order valence-corrected chi connectivity index (χ0v) is 65.5. The van der Waals surface area contributed by atoms with Gasteiger partial charge in [0.25, 0.3) is 0 Å². The minimum Gasteiger partial charge on any atom is -0.377 e. The van der Waals surface area contributed by atoms with Crippen molar-refractivity contribution in [1.29, 1.82) is 0 Å². The maximum Gasteiger partial charge on any atom is 0.422 e. The van der Waals surface area contributed by atoms with Crippen LogP contribution in [0.3, 0.4) is 0 Å². The second-order valence-corrected chi connectivity index (χ2v) is 31.7. The molecule has 0 unspecified atom stereocenters. The molecule has 2 aliphatic carbocycles. The van der Waals surface area contributed by atoms with Gasteiger partial charge in [-0.3, -0.25) is 57.5 Å². The maximum absolute atomic E-state index is 15.8. The molecule has 10 atom stereocenters. The summed E-state index contributed by atoms with van der Waals surface area (Å²) in [4.78, 5) is 192. The van der Waals surface area contributed by atoms with Gasteiger partial charge in [-0.25, -0.2) is 8.78 Å². The smallest absolute Gasteiger partial charge is 0.377 e. The molecule has 610 valence electrons. The number of fused-ring (bicyclic) bond motifs is 3. The fourth-order valence-electron chi connectivity index (χ4n) is 16.0. The fourth-order valence-corrected chi connectivity index (χ4v) is 16.0. The lowest BCUT2D eigenvalue weighted by Crippen LogP contribution is -2.71. The first-order chi connectivity index (χ1) is 51.3. The van der Waals surface area contributed by atoms with Gasteiger partial charge in [0.15, 0.2) is 0 Å². The number of likely N-dealkylation sites (N-methyl/N-ethyl adjacent to an activating group) is 7. The minimum atomic E-state index is -5.46. The molecule has 4 fully saturated rings. The van der Waals surface area contributed by atoms with Gasteiger partial charge in [-0.1, -0.05) is 85.1 Å². The normalized spacial score (nSPS) is 26.3. The lowest BCUT2D eigenvalue weighted by molar-refractivity contribution is -0.161. The Balaban J connectivity index is 1.37. The first-order valence-corrected chi connectivity index (χ1v) is 37.5. The molecule has 2 aromatic carbocycles. The summed E-state index contributed by atoms with van der Waals surface area (Å²) in [6.07, 6.45) is -8.03. The summed E-state index contributed by atoms with van der Waals surface area (Å²) >= 11 is 0. The van der Waals surface area contributed by atoms with Crippen molar-refractivity contribution in [2.24, 2.45) is 23.2 Å². The van der Waals surface area contributed by atoms with E-state index in [1.807, 2.05) is 13.8 Å². The Kier molecular flexibility index (Phi) is 29.4. The molecule has 1 spiro atoms. The molecule has 3 heterocycles. The number of benzene rings is 2.